The lowest BCUT2D eigenvalue weighted by Gasteiger charge is -2.18. The molecule has 0 aromatic heterocycles. The van der Waals surface area contributed by atoms with E-state index in [9.17, 15) is 4.79 Å². The summed E-state index contributed by atoms with van der Waals surface area (Å²) in [6.45, 7) is 7.66. The van der Waals surface area contributed by atoms with E-state index < -0.39 is 5.97 Å². The summed E-state index contributed by atoms with van der Waals surface area (Å²) in [5, 5.41) is 8.82. The Morgan fingerprint density at radius 3 is 2.56 bits per heavy atom. The second kappa shape index (κ2) is 7.71. The molecule has 100 valence electrons. The normalized spacial score (nSPS) is 10.6. The Kier molecular flexibility index (Phi) is 6.22. The number of hydrogen-bond acceptors (Lipinski definition) is 3. The number of carbonyl (C=O) groups is 1. The molecule has 1 aromatic rings. The predicted octanol–water partition coefficient (Wildman–Crippen LogP) is 2.03. The summed E-state index contributed by atoms with van der Waals surface area (Å²) in [5.41, 5.74) is 0.726. The molecule has 0 spiro atoms. The van der Waals surface area contributed by atoms with Crippen LogP contribution < -0.4 is 4.74 Å². The van der Waals surface area contributed by atoms with Crippen LogP contribution in [-0.2, 0) is 11.2 Å². The first-order chi connectivity index (χ1) is 8.67. The molecule has 0 fully saturated rings. The number of rotatable bonds is 8. The molecule has 4 nitrogen and oxygen atoms in total. The topological polar surface area (TPSA) is 49.8 Å². The van der Waals surface area contributed by atoms with Gasteiger partial charge in [-0.2, -0.15) is 0 Å². The number of nitrogens with zero attached hydrogens (tertiary/aromatic N) is 1. The van der Waals surface area contributed by atoms with Crippen molar-refractivity contribution in [2.45, 2.75) is 20.3 Å². The molecule has 0 bridgehead atoms. The van der Waals surface area contributed by atoms with E-state index in [1.54, 1.807) is 6.07 Å². The quantitative estimate of drug-likeness (QED) is 0.768. The van der Waals surface area contributed by atoms with Crippen molar-refractivity contribution in [3.05, 3.63) is 29.8 Å². The zero-order valence-electron chi connectivity index (χ0n) is 11.1. The van der Waals surface area contributed by atoms with Gasteiger partial charge in [-0.3, -0.25) is 4.79 Å². The summed E-state index contributed by atoms with van der Waals surface area (Å²) in [5.74, 6) is -0.165. The van der Waals surface area contributed by atoms with Gasteiger partial charge in [0.05, 0.1) is 6.42 Å². The lowest BCUT2D eigenvalue weighted by molar-refractivity contribution is -0.136. The second-order valence-corrected chi connectivity index (χ2v) is 4.05. The fourth-order valence-corrected chi connectivity index (χ4v) is 1.78. The molecule has 0 aliphatic heterocycles. The minimum Gasteiger partial charge on any atom is -0.492 e. The molecule has 0 unspecified atom stereocenters. The SMILES string of the molecule is CCN(CC)CCOc1ccccc1CC(=O)O. The van der Waals surface area contributed by atoms with E-state index in [1.165, 1.54) is 0 Å². The number of para-hydroxylation sites is 1. The molecular weight excluding hydrogens is 230 g/mol. The van der Waals surface area contributed by atoms with Crippen LogP contribution in [0.2, 0.25) is 0 Å². The number of aliphatic carboxylic acids is 1. The number of likely N-dealkylation sites (N-methyl/N-ethyl adjacent to an activating group) is 1. The van der Waals surface area contributed by atoms with Crippen molar-refractivity contribution in [2.75, 3.05) is 26.2 Å². The summed E-state index contributed by atoms with van der Waals surface area (Å²) >= 11 is 0. The Hall–Kier alpha value is -1.55. The lowest BCUT2D eigenvalue weighted by Crippen LogP contribution is -2.28. The molecule has 0 saturated heterocycles. The predicted molar refractivity (Wildman–Crippen MR) is 71.1 cm³/mol. The van der Waals surface area contributed by atoms with Crippen LogP contribution in [0.1, 0.15) is 19.4 Å². The first kappa shape index (κ1) is 14.5. The first-order valence-corrected chi connectivity index (χ1v) is 6.32. The number of hydrogen-bond donors (Lipinski definition) is 1. The van der Waals surface area contributed by atoms with Crippen LogP contribution in [0.4, 0.5) is 0 Å². The van der Waals surface area contributed by atoms with Gasteiger partial charge in [-0.25, -0.2) is 0 Å². The van der Waals surface area contributed by atoms with E-state index in [1.807, 2.05) is 18.2 Å². The van der Waals surface area contributed by atoms with E-state index in [0.717, 1.165) is 25.2 Å². The molecule has 0 atom stereocenters. The molecule has 0 radical (unpaired) electrons. The maximum absolute atomic E-state index is 10.7. The maximum atomic E-state index is 10.7. The molecule has 0 saturated carbocycles. The molecule has 1 rings (SSSR count). The zero-order valence-corrected chi connectivity index (χ0v) is 11.1. The highest BCUT2D eigenvalue weighted by Crippen LogP contribution is 2.18. The fourth-order valence-electron chi connectivity index (χ4n) is 1.78. The first-order valence-electron chi connectivity index (χ1n) is 6.32. The molecule has 0 heterocycles. The third-order valence-electron chi connectivity index (χ3n) is 2.87. The Labute approximate surface area is 108 Å². The van der Waals surface area contributed by atoms with Crippen molar-refractivity contribution in [3.63, 3.8) is 0 Å². The summed E-state index contributed by atoms with van der Waals surface area (Å²) in [4.78, 5) is 13.0. The minimum atomic E-state index is -0.838. The number of carboxylic acids is 1. The Balaban J connectivity index is 2.53. The maximum Gasteiger partial charge on any atom is 0.307 e. The van der Waals surface area contributed by atoms with Gasteiger partial charge in [0, 0.05) is 12.1 Å². The molecular formula is C14H21NO3. The van der Waals surface area contributed by atoms with Crippen LogP contribution in [-0.4, -0.2) is 42.2 Å². The molecule has 0 aliphatic carbocycles. The van der Waals surface area contributed by atoms with Crippen LogP contribution in [0.15, 0.2) is 24.3 Å². The Morgan fingerprint density at radius 2 is 1.94 bits per heavy atom. The molecule has 1 aromatic carbocycles. The van der Waals surface area contributed by atoms with Crippen LogP contribution in [0.3, 0.4) is 0 Å². The third-order valence-corrected chi connectivity index (χ3v) is 2.87. The van der Waals surface area contributed by atoms with Crippen LogP contribution in [0.25, 0.3) is 0 Å². The largest absolute Gasteiger partial charge is 0.492 e. The van der Waals surface area contributed by atoms with E-state index in [0.29, 0.717) is 12.4 Å². The fraction of sp³-hybridized carbons (Fsp3) is 0.500. The summed E-state index contributed by atoms with van der Waals surface area (Å²) in [7, 11) is 0. The molecule has 1 N–H and O–H groups in total. The summed E-state index contributed by atoms with van der Waals surface area (Å²) in [6.07, 6.45) is 0.00143. The van der Waals surface area contributed by atoms with Gasteiger partial charge in [-0.1, -0.05) is 32.0 Å². The zero-order chi connectivity index (χ0) is 13.4. The highest BCUT2D eigenvalue weighted by Gasteiger charge is 2.07. The summed E-state index contributed by atoms with van der Waals surface area (Å²) < 4.78 is 5.67. The number of carboxylic acid groups (broad SMARTS) is 1. The van der Waals surface area contributed by atoms with E-state index in [4.69, 9.17) is 9.84 Å². The van der Waals surface area contributed by atoms with Crippen LogP contribution in [0.5, 0.6) is 5.75 Å². The van der Waals surface area contributed by atoms with Crippen LogP contribution in [0, 0.1) is 0 Å². The van der Waals surface area contributed by atoms with Crippen molar-refractivity contribution in [3.8, 4) is 5.75 Å². The highest BCUT2D eigenvalue weighted by atomic mass is 16.5. The smallest absolute Gasteiger partial charge is 0.307 e. The Bertz CT molecular complexity index is 375. The van der Waals surface area contributed by atoms with E-state index in [2.05, 4.69) is 18.7 Å². The molecule has 0 amide bonds. The number of benzene rings is 1. The molecule has 4 heteroatoms. The average molecular weight is 251 g/mol. The van der Waals surface area contributed by atoms with Crippen molar-refractivity contribution in [2.24, 2.45) is 0 Å². The lowest BCUT2D eigenvalue weighted by atomic mass is 10.1. The minimum absolute atomic E-state index is 0.00143. The second-order valence-electron chi connectivity index (χ2n) is 4.05. The molecule has 18 heavy (non-hydrogen) atoms. The van der Waals surface area contributed by atoms with Gasteiger partial charge >= 0.3 is 5.97 Å². The van der Waals surface area contributed by atoms with Crippen LogP contribution >= 0.6 is 0 Å². The van der Waals surface area contributed by atoms with Crippen molar-refractivity contribution in [1.82, 2.24) is 4.90 Å². The van der Waals surface area contributed by atoms with Crippen molar-refractivity contribution < 1.29 is 14.6 Å². The van der Waals surface area contributed by atoms with Gasteiger partial charge in [0.25, 0.3) is 0 Å². The van der Waals surface area contributed by atoms with E-state index >= 15 is 0 Å². The van der Waals surface area contributed by atoms with E-state index in [-0.39, 0.29) is 6.42 Å². The van der Waals surface area contributed by atoms with Gasteiger partial charge in [-0.15, -0.1) is 0 Å². The average Bonchev–Trinajstić information content (AvgIpc) is 2.36. The monoisotopic (exact) mass is 251 g/mol. The summed E-state index contributed by atoms with van der Waals surface area (Å²) in [6, 6.07) is 7.30. The van der Waals surface area contributed by atoms with Gasteiger partial charge in [0.1, 0.15) is 12.4 Å². The Morgan fingerprint density at radius 1 is 1.28 bits per heavy atom. The standard InChI is InChI=1S/C14H21NO3/c1-3-15(4-2)9-10-18-13-8-6-5-7-12(13)11-14(16)17/h5-8H,3-4,9-11H2,1-2H3,(H,16,17). The van der Waals surface area contributed by atoms with Gasteiger partial charge < -0.3 is 14.7 Å². The number of ether oxygens (including phenoxy) is 1. The van der Waals surface area contributed by atoms with Gasteiger partial charge in [0.15, 0.2) is 0 Å². The van der Waals surface area contributed by atoms with Gasteiger partial charge in [0.2, 0.25) is 0 Å². The third kappa shape index (κ3) is 4.75. The molecule has 0 aliphatic rings. The van der Waals surface area contributed by atoms with Crippen molar-refractivity contribution >= 4 is 5.97 Å². The highest BCUT2D eigenvalue weighted by molar-refractivity contribution is 5.71. The van der Waals surface area contributed by atoms with Gasteiger partial charge in [-0.05, 0) is 19.2 Å². The van der Waals surface area contributed by atoms with Crippen molar-refractivity contribution in [1.29, 1.82) is 0 Å².